The predicted octanol–water partition coefficient (Wildman–Crippen LogP) is 1.54. The summed E-state index contributed by atoms with van der Waals surface area (Å²) in [7, 11) is 0. The summed E-state index contributed by atoms with van der Waals surface area (Å²) < 4.78 is 1.86. The predicted molar refractivity (Wildman–Crippen MR) is 93.1 cm³/mol. The van der Waals surface area contributed by atoms with E-state index in [0.717, 1.165) is 17.0 Å². The first-order valence-corrected chi connectivity index (χ1v) is 7.80. The highest BCUT2D eigenvalue weighted by atomic mass is 16.3. The number of pyridine rings is 1. The van der Waals surface area contributed by atoms with Gasteiger partial charge in [0.25, 0.3) is 5.91 Å². The van der Waals surface area contributed by atoms with Crippen molar-refractivity contribution in [2.45, 2.75) is 6.54 Å². The summed E-state index contributed by atoms with van der Waals surface area (Å²) in [4.78, 5) is 16.3. The molecule has 1 aromatic carbocycles. The van der Waals surface area contributed by atoms with Crippen molar-refractivity contribution in [3.05, 3.63) is 65.6 Å². The maximum Gasteiger partial charge on any atom is 0.251 e. The molecule has 0 radical (unpaired) electrons. The van der Waals surface area contributed by atoms with Crippen molar-refractivity contribution >= 4 is 17.2 Å². The summed E-state index contributed by atoms with van der Waals surface area (Å²) in [6.07, 6.45) is 3.50. The van der Waals surface area contributed by atoms with E-state index in [1.54, 1.807) is 42.7 Å². The molecule has 3 N–H and O–H groups in total. The number of benzene rings is 1. The number of nitrogens with zero attached hydrogens (tertiary/aromatic N) is 3. The Hall–Kier alpha value is -3.37. The van der Waals surface area contributed by atoms with Crippen LogP contribution in [0.1, 0.15) is 21.6 Å². The van der Waals surface area contributed by atoms with Gasteiger partial charge in [0.15, 0.2) is 0 Å². The summed E-state index contributed by atoms with van der Waals surface area (Å²) in [6, 6.07) is 12.8. The van der Waals surface area contributed by atoms with Gasteiger partial charge >= 0.3 is 0 Å². The lowest BCUT2D eigenvalue weighted by molar-refractivity contribution is 0.0945. The Morgan fingerprint density at radius 2 is 2.20 bits per heavy atom. The van der Waals surface area contributed by atoms with Gasteiger partial charge in [-0.1, -0.05) is 6.07 Å². The first-order valence-electron chi connectivity index (χ1n) is 7.80. The molecular weight excluding hydrogens is 318 g/mol. The molecule has 2 aromatic heterocycles. The van der Waals surface area contributed by atoms with Crippen LogP contribution in [0.25, 0.3) is 5.65 Å². The van der Waals surface area contributed by atoms with Gasteiger partial charge in [-0.2, -0.15) is 5.26 Å². The van der Waals surface area contributed by atoms with Crippen LogP contribution in [0.3, 0.4) is 0 Å². The fraction of sp³-hybridized carbons (Fsp3) is 0.167. The molecule has 0 bridgehead atoms. The smallest absolute Gasteiger partial charge is 0.251 e. The number of hydrogen-bond acceptors (Lipinski definition) is 5. The Balaban J connectivity index is 1.74. The second kappa shape index (κ2) is 7.47. The number of aliphatic hydroxyl groups excluding tert-OH is 1. The maximum atomic E-state index is 11.9. The number of aromatic nitrogens is 2. The highest BCUT2D eigenvalue weighted by Gasteiger charge is 2.07. The van der Waals surface area contributed by atoms with Crippen molar-refractivity contribution in [2.75, 3.05) is 18.5 Å². The minimum absolute atomic E-state index is 0.0946. The Bertz CT molecular complexity index is 942. The van der Waals surface area contributed by atoms with Gasteiger partial charge in [-0.15, -0.1) is 0 Å². The molecule has 0 aliphatic carbocycles. The topological polar surface area (TPSA) is 102 Å². The van der Waals surface area contributed by atoms with Crippen molar-refractivity contribution in [2.24, 2.45) is 0 Å². The van der Waals surface area contributed by atoms with Crippen molar-refractivity contribution in [1.29, 1.82) is 5.26 Å². The molecule has 0 atom stereocenters. The Labute approximate surface area is 144 Å². The summed E-state index contributed by atoms with van der Waals surface area (Å²) in [5, 5.41) is 23.7. The fourth-order valence-electron chi connectivity index (χ4n) is 2.46. The van der Waals surface area contributed by atoms with E-state index in [1.807, 2.05) is 10.5 Å². The fourth-order valence-corrected chi connectivity index (χ4v) is 2.46. The van der Waals surface area contributed by atoms with Crippen LogP contribution in [0.2, 0.25) is 0 Å². The molecule has 2 heterocycles. The SMILES string of the molecule is N#Cc1ccc2ncc(CNc3cccc(C(=O)NCCO)c3)n2c1. The van der Waals surface area contributed by atoms with Crippen LogP contribution in [-0.4, -0.2) is 33.6 Å². The number of rotatable bonds is 6. The van der Waals surface area contributed by atoms with Crippen LogP contribution in [-0.2, 0) is 6.54 Å². The van der Waals surface area contributed by atoms with E-state index < -0.39 is 0 Å². The lowest BCUT2D eigenvalue weighted by atomic mass is 10.2. The molecule has 0 aliphatic heterocycles. The number of anilines is 1. The largest absolute Gasteiger partial charge is 0.395 e. The molecular formula is C18H17N5O2. The standard InChI is InChI=1S/C18H17N5O2/c19-9-13-4-5-17-22-11-16(23(17)12-13)10-21-15-3-1-2-14(8-15)18(25)20-6-7-24/h1-5,8,11-12,21,24H,6-7,10H2,(H,20,25). The van der Waals surface area contributed by atoms with Gasteiger partial charge in [-0.05, 0) is 30.3 Å². The first kappa shape index (κ1) is 16.5. The normalized spacial score (nSPS) is 10.4. The van der Waals surface area contributed by atoms with Crippen LogP contribution in [0.4, 0.5) is 5.69 Å². The highest BCUT2D eigenvalue weighted by molar-refractivity contribution is 5.95. The van der Waals surface area contributed by atoms with Gasteiger partial charge in [-0.25, -0.2) is 4.98 Å². The van der Waals surface area contributed by atoms with E-state index in [-0.39, 0.29) is 19.1 Å². The van der Waals surface area contributed by atoms with E-state index in [1.165, 1.54) is 0 Å². The number of nitriles is 1. The average Bonchev–Trinajstić information content (AvgIpc) is 3.06. The monoisotopic (exact) mass is 335 g/mol. The number of hydrogen-bond donors (Lipinski definition) is 3. The summed E-state index contributed by atoms with van der Waals surface area (Å²) >= 11 is 0. The molecule has 3 rings (SSSR count). The zero-order valence-electron chi connectivity index (χ0n) is 13.4. The van der Waals surface area contributed by atoms with Crippen molar-refractivity contribution < 1.29 is 9.90 Å². The van der Waals surface area contributed by atoms with E-state index in [4.69, 9.17) is 10.4 Å². The minimum atomic E-state index is -0.230. The number of nitrogens with one attached hydrogen (secondary N) is 2. The average molecular weight is 335 g/mol. The molecule has 0 saturated carbocycles. The molecule has 0 aliphatic rings. The minimum Gasteiger partial charge on any atom is -0.395 e. The van der Waals surface area contributed by atoms with Gasteiger partial charge in [0, 0.05) is 24.0 Å². The van der Waals surface area contributed by atoms with Crippen molar-refractivity contribution in [3.8, 4) is 6.07 Å². The third kappa shape index (κ3) is 3.76. The van der Waals surface area contributed by atoms with Gasteiger partial charge in [-0.3, -0.25) is 4.79 Å². The number of carbonyl (C=O) groups excluding carboxylic acids is 1. The zero-order valence-corrected chi connectivity index (χ0v) is 13.4. The van der Waals surface area contributed by atoms with Crippen molar-refractivity contribution in [1.82, 2.24) is 14.7 Å². The molecule has 3 aromatic rings. The number of aliphatic hydroxyl groups is 1. The van der Waals surface area contributed by atoms with Crippen LogP contribution in [0.15, 0.2) is 48.8 Å². The summed E-state index contributed by atoms with van der Waals surface area (Å²) in [5.41, 5.74) is 3.55. The summed E-state index contributed by atoms with van der Waals surface area (Å²) in [5.74, 6) is -0.230. The molecule has 0 saturated heterocycles. The molecule has 25 heavy (non-hydrogen) atoms. The molecule has 0 fully saturated rings. The Morgan fingerprint density at radius 3 is 3.00 bits per heavy atom. The van der Waals surface area contributed by atoms with E-state index in [9.17, 15) is 4.79 Å². The quantitative estimate of drug-likeness (QED) is 0.634. The Kier molecular flexibility index (Phi) is 4.92. The zero-order chi connectivity index (χ0) is 17.6. The lowest BCUT2D eigenvalue weighted by Gasteiger charge is -2.09. The van der Waals surface area contributed by atoms with Gasteiger partial charge in [0.05, 0.1) is 30.6 Å². The van der Waals surface area contributed by atoms with E-state index in [0.29, 0.717) is 17.7 Å². The third-order valence-corrected chi connectivity index (χ3v) is 3.71. The molecule has 0 unspecified atom stereocenters. The van der Waals surface area contributed by atoms with Crippen molar-refractivity contribution in [3.63, 3.8) is 0 Å². The second-order valence-electron chi connectivity index (χ2n) is 5.42. The molecule has 7 nitrogen and oxygen atoms in total. The van der Waals surface area contributed by atoms with Gasteiger partial charge < -0.3 is 20.1 Å². The number of fused-ring (bicyclic) bond motifs is 1. The number of amides is 1. The number of imidazole rings is 1. The van der Waals surface area contributed by atoms with Crippen LogP contribution in [0, 0.1) is 11.3 Å². The second-order valence-corrected chi connectivity index (χ2v) is 5.42. The number of carbonyl (C=O) groups is 1. The van der Waals surface area contributed by atoms with Crippen LogP contribution in [0.5, 0.6) is 0 Å². The molecule has 7 heteroatoms. The third-order valence-electron chi connectivity index (χ3n) is 3.71. The Morgan fingerprint density at radius 1 is 1.32 bits per heavy atom. The molecule has 0 spiro atoms. The highest BCUT2D eigenvalue weighted by Crippen LogP contribution is 2.14. The van der Waals surface area contributed by atoms with Crippen LogP contribution < -0.4 is 10.6 Å². The molecule has 126 valence electrons. The van der Waals surface area contributed by atoms with E-state index in [2.05, 4.69) is 21.7 Å². The summed E-state index contributed by atoms with van der Waals surface area (Å²) in [6.45, 7) is 0.625. The van der Waals surface area contributed by atoms with Crippen LogP contribution >= 0.6 is 0 Å². The molecule has 1 amide bonds. The van der Waals surface area contributed by atoms with E-state index >= 15 is 0 Å². The van der Waals surface area contributed by atoms with Gasteiger partial charge in [0.2, 0.25) is 0 Å². The maximum absolute atomic E-state index is 11.9. The lowest BCUT2D eigenvalue weighted by Crippen LogP contribution is -2.26. The van der Waals surface area contributed by atoms with Gasteiger partial charge in [0.1, 0.15) is 11.7 Å². The first-order chi connectivity index (χ1) is 12.2.